The zero-order valence-corrected chi connectivity index (χ0v) is 13.4. The van der Waals surface area contributed by atoms with Crippen LogP contribution in [0.3, 0.4) is 0 Å². The summed E-state index contributed by atoms with van der Waals surface area (Å²) >= 11 is 2.99. The van der Waals surface area contributed by atoms with E-state index in [1.165, 1.54) is 6.07 Å². The second-order valence-electron chi connectivity index (χ2n) is 4.48. The summed E-state index contributed by atoms with van der Waals surface area (Å²) in [6, 6.07) is 9.19. The topological polar surface area (TPSA) is 21.3 Å². The minimum absolute atomic E-state index is 0.108. The molecule has 0 saturated carbocycles. The van der Waals surface area contributed by atoms with Gasteiger partial charge in [-0.2, -0.15) is 0 Å². The van der Waals surface area contributed by atoms with Gasteiger partial charge in [-0.3, -0.25) is 0 Å². The van der Waals surface area contributed by atoms with Crippen LogP contribution in [0, 0.1) is 11.6 Å². The van der Waals surface area contributed by atoms with Crippen molar-refractivity contribution >= 4 is 15.9 Å². The van der Waals surface area contributed by atoms with E-state index in [1.54, 1.807) is 7.05 Å². The molecule has 1 atom stereocenters. The molecule has 0 aliphatic carbocycles. The van der Waals surface area contributed by atoms with Crippen molar-refractivity contribution in [1.82, 2.24) is 5.32 Å². The van der Waals surface area contributed by atoms with Gasteiger partial charge >= 0.3 is 0 Å². The van der Waals surface area contributed by atoms with E-state index >= 15 is 0 Å². The first-order valence-corrected chi connectivity index (χ1v) is 7.41. The molecule has 0 bridgehead atoms. The second-order valence-corrected chi connectivity index (χ2v) is 5.33. The fraction of sp³-hybridized carbons (Fsp3) is 0.250. The molecule has 0 amide bonds. The van der Waals surface area contributed by atoms with Crippen LogP contribution in [0.2, 0.25) is 0 Å². The van der Waals surface area contributed by atoms with Gasteiger partial charge in [-0.15, -0.1) is 0 Å². The highest BCUT2D eigenvalue weighted by Crippen LogP contribution is 2.33. The Morgan fingerprint density at radius 3 is 2.52 bits per heavy atom. The molecule has 21 heavy (non-hydrogen) atoms. The van der Waals surface area contributed by atoms with Gasteiger partial charge in [0.1, 0.15) is 17.4 Å². The molecule has 2 rings (SSSR count). The van der Waals surface area contributed by atoms with Crippen LogP contribution >= 0.6 is 15.9 Å². The fourth-order valence-corrected chi connectivity index (χ4v) is 2.56. The van der Waals surface area contributed by atoms with Crippen molar-refractivity contribution in [3.8, 4) is 5.75 Å². The average molecular weight is 356 g/mol. The van der Waals surface area contributed by atoms with Crippen molar-refractivity contribution in [2.24, 2.45) is 0 Å². The van der Waals surface area contributed by atoms with E-state index < -0.39 is 17.7 Å². The third-order valence-electron chi connectivity index (χ3n) is 3.17. The predicted octanol–water partition coefficient (Wildman–Crippen LogP) is 4.43. The lowest BCUT2D eigenvalue weighted by Crippen LogP contribution is -2.20. The lowest BCUT2D eigenvalue weighted by molar-refractivity contribution is 0.333. The minimum atomic E-state index is -0.499. The maximum Gasteiger partial charge on any atom is 0.137 e. The third-order valence-corrected chi connectivity index (χ3v) is 3.78. The number of hydrogen-bond donors (Lipinski definition) is 1. The Morgan fingerprint density at radius 2 is 1.86 bits per heavy atom. The number of hydrogen-bond acceptors (Lipinski definition) is 2. The van der Waals surface area contributed by atoms with E-state index in [1.807, 2.05) is 31.2 Å². The van der Waals surface area contributed by atoms with Gasteiger partial charge in [0, 0.05) is 11.1 Å². The number of para-hydroxylation sites is 1. The largest absolute Gasteiger partial charge is 0.494 e. The van der Waals surface area contributed by atoms with Crippen LogP contribution in [-0.4, -0.2) is 13.7 Å². The van der Waals surface area contributed by atoms with Crippen LogP contribution in [-0.2, 0) is 0 Å². The van der Waals surface area contributed by atoms with Crippen molar-refractivity contribution in [2.75, 3.05) is 13.7 Å². The smallest absolute Gasteiger partial charge is 0.137 e. The lowest BCUT2D eigenvalue weighted by atomic mass is 9.97. The molecule has 0 aliphatic heterocycles. The Labute approximate surface area is 131 Å². The molecule has 1 unspecified atom stereocenters. The van der Waals surface area contributed by atoms with Gasteiger partial charge in [0.25, 0.3) is 0 Å². The van der Waals surface area contributed by atoms with Gasteiger partial charge in [-0.05, 0) is 48.1 Å². The van der Waals surface area contributed by atoms with E-state index in [9.17, 15) is 8.78 Å². The molecule has 0 aliphatic rings. The molecular formula is C16H16BrF2NO. The van der Waals surface area contributed by atoms with E-state index in [-0.39, 0.29) is 10.0 Å². The lowest BCUT2D eigenvalue weighted by Gasteiger charge is -2.21. The molecule has 0 radical (unpaired) electrons. The average Bonchev–Trinajstić information content (AvgIpc) is 2.47. The predicted molar refractivity (Wildman–Crippen MR) is 82.6 cm³/mol. The van der Waals surface area contributed by atoms with Crippen molar-refractivity contribution in [1.29, 1.82) is 0 Å². The van der Waals surface area contributed by atoms with Crippen LogP contribution < -0.4 is 10.1 Å². The highest BCUT2D eigenvalue weighted by atomic mass is 79.9. The zero-order valence-electron chi connectivity index (χ0n) is 11.8. The van der Waals surface area contributed by atoms with Gasteiger partial charge in [0.05, 0.1) is 17.1 Å². The van der Waals surface area contributed by atoms with Crippen molar-refractivity contribution in [3.63, 3.8) is 0 Å². The van der Waals surface area contributed by atoms with Gasteiger partial charge in [-0.1, -0.05) is 18.2 Å². The molecule has 1 N–H and O–H groups in total. The molecule has 2 aromatic rings. The molecule has 0 spiro atoms. The molecule has 0 heterocycles. The summed E-state index contributed by atoms with van der Waals surface area (Å²) in [5.41, 5.74) is 1.01. The quantitative estimate of drug-likeness (QED) is 0.800. The molecular weight excluding hydrogens is 340 g/mol. The zero-order chi connectivity index (χ0) is 15.4. The second kappa shape index (κ2) is 7.00. The highest BCUT2D eigenvalue weighted by Gasteiger charge is 2.21. The van der Waals surface area contributed by atoms with Crippen molar-refractivity contribution in [2.45, 2.75) is 13.0 Å². The van der Waals surface area contributed by atoms with E-state index in [4.69, 9.17) is 4.74 Å². The summed E-state index contributed by atoms with van der Waals surface area (Å²) in [5.74, 6) is -0.323. The summed E-state index contributed by atoms with van der Waals surface area (Å²) in [6.07, 6.45) is 0. The van der Waals surface area contributed by atoms with Crippen molar-refractivity contribution < 1.29 is 13.5 Å². The van der Waals surface area contributed by atoms with Gasteiger partial charge in [0.2, 0.25) is 0 Å². The maximum atomic E-state index is 14.2. The Morgan fingerprint density at radius 1 is 1.14 bits per heavy atom. The molecule has 2 nitrogen and oxygen atoms in total. The fourth-order valence-electron chi connectivity index (χ4n) is 2.24. The summed E-state index contributed by atoms with van der Waals surface area (Å²) in [7, 11) is 1.70. The number of rotatable bonds is 5. The molecule has 0 aromatic heterocycles. The van der Waals surface area contributed by atoms with Gasteiger partial charge in [-0.25, -0.2) is 8.78 Å². The van der Waals surface area contributed by atoms with Crippen LogP contribution in [0.5, 0.6) is 5.75 Å². The first-order chi connectivity index (χ1) is 10.1. The monoisotopic (exact) mass is 355 g/mol. The Bertz CT molecular complexity index is 634. The van der Waals surface area contributed by atoms with Crippen LogP contribution in [0.1, 0.15) is 24.1 Å². The molecule has 2 aromatic carbocycles. The SMILES string of the molecule is CCOc1ccccc1C(NC)c1cc(F)c(Br)cc1F. The minimum Gasteiger partial charge on any atom is -0.494 e. The van der Waals surface area contributed by atoms with Crippen LogP contribution in [0.25, 0.3) is 0 Å². The summed E-state index contributed by atoms with van der Waals surface area (Å²) < 4.78 is 33.6. The van der Waals surface area contributed by atoms with Gasteiger partial charge in [0.15, 0.2) is 0 Å². The third kappa shape index (κ3) is 3.41. The Hall–Kier alpha value is -1.46. The summed E-state index contributed by atoms with van der Waals surface area (Å²) in [6.45, 7) is 2.38. The number of ether oxygens (including phenoxy) is 1. The first kappa shape index (κ1) is 15.9. The number of halogens is 3. The summed E-state index contributed by atoms with van der Waals surface area (Å²) in [5, 5.41) is 3.02. The number of benzene rings is 2. The normalized spacial score (nSPS) is 12.2. The Balaban J connectivity index is 2.52. The van der Waals surface area contributed by atoms with E-state index in [0.717, 1.165) is 11.6 Å². The molecule has 0 saturated heterocycles. The van der Waals surface area contributed by atoms with E-state index in [0.29, 0.717) is 12.4 Å². The van der Waals surface area contributed by atoms with E-state index in [2.05, 4.69) is 21.2 Å². The van der Waals surface area contributed by atoms with Gasteiger partial charge < -0.3 is 10.1 Å². The van der Waals surface area contributed by atoms with Crippen LogP contribution in [0.4, 0.5) is 8.78 Å². The molecule has 112 valence electrons. The standard InChI is InChI=1S/C16H16BrF2NO/c1-3-21-15-7-5-4-6-10(15)16(20-2)11-8-14(19)12(17)9-13(11)18/h4-9,16,20H,3H2,1-2H3. The maximum absolute atomic E-state index is 14.2. The molecule has 5 heteroatoms. The number of nitrogens with one attached hydrogen (secondary N) is 1. The Kier molecular flexibility index (Phi) is 5.31. The highest BCUT2D eigenvalue weighted by molar-refractivity contribution is 9.10. The first-order valence-electron chi connectivity index (χ1n) is 6.61. The van der Waals surface area contributed by atoms with Crippen LogP contribution in [0.15, 0.2) is 40.9 Å². The summed E-state index contributed by atoms with van der Waals surface area (Å²) in [4.78, 5) is 0. The van der Waals surface area contributed by atoms with Crippen molar-refractivity contribution in [3.05, 3.63) is 63.6 Å². The molecule has 0 fully saturated rings.